The van der Waals surface area contributed by atoms with Gasteiger partial charge in [0.1, 0.15) is 6.10 Å². The van der Waals surface area contributed by atoms with Crippen LogP contribution in [0.1, 0.15) is 37.9 Å². The van der Waals surface area contributed by atoms with Crippen molar-refractivity contribution in [1.29, 1.82) is 0 Å². The van der Waals surface area contributed by atoms with Crippen LogP contribution in [0.4, 0.5) is 0 Å². The predicted octanol–water partition coefficient (Wildman–Crippen LogP) is 1.72. The number of unbranched alkanes of at least 4 members (excludes halogenated alkanes) is 1. The Kier molecular flexibility index (Phi) is 10.6. The average molecular weight is 479 g/mol. The van der Waals surface area contributed by atoms with Gasteiger partial charge in [-0.3, -0.25) is 14.5 Å². The minimum atomic E-state index is -0.164. The lowest BCUT2D eigenvalue weighted by molar-refractivity contribution is -0.140. The fourth-order valence-electron chi connectivity index (χ4n) is 2.74. The Morgan fingerprint density at radius 2 is 2.31 bits per heavy atom. The number of methoxy groups -OCH3 is 1. The van der Waals surface area contributed by atoms with E-state index in [1.54, 1.807) is 4.68 Å². The molecule has 9 heteroatoms. The van der Waals surface area contributed by atoms with Crippen molar-refractivity contribution >= 4 is 35.9 Å². The number of halogens is 1. The highest BCUT2D eigenvalue weighted by Crippen LogP contribution is 2.21. The highest BCUT2D eigenvalue weighted by molar-refractivity contribution is 14.0. The Labute approximate surface area is 172 Å². The molecule has 1 saturated heterocycles. The van der Waals surface area contributed by atoms with Gasteiger partial charge >= 0.3 is 5.97 Å². The second kappa shape index (κ2) is 12.1. The molecule has 1 aliphatic heterocycles. The summed E-state index contributed by atoms with van der Waals surface area (Å²) in [7, 11) is 3.32. The van der Waals surface area contributed by atoms with Crippen LogP contribution in [0.25, 0.3) is 0 Å². The van der Waals surface area contributed by atoms with Crippen molar-refractivity contribution in [2.24, 2.45) is 12.0 Å². The number of aromatic nitrogens is 2. The average Bonchev–Trinajstić information content (AvgIpc) is 3.07. The second-order valence-electron chi connectivity index (χ2n) is 6.02. The monoisotopic (exact) mass is 479 g/mol. The molecule has 0 aliphatic carbocycles. The molecule has 1 aromatic heterocycles. The molecule has 1 N–H and O–H groups in total. The lowest BCUT2D eigenvalue weighted by Crippen LogP contribution is -2.48. The van der Waals surface area contributed by atoms with E-state index < -0.39 is 0 Å². The number of guanidine groups is 1. The van der Waals surface area contributed by atoms with Crippen LogP contribution in [0.3, 0.4) is 0 Å². The number of nitrogens with zero attached hydrogens (tertiary/aromatic N) is 4. The zero-order chi connectivity index (χ0) is 18.1. The van der Waals surface area contributed by atoms with Crippen LogP contribution in [0.2, 0.25) is 0 Å². The van der Waals surface area contributed by atoms with Gasteiger partial charge in [-0.2, -0.15) is 5.10 Å². The molecule has 0 spiro atoms. The molecule has 2 rings (SSSR count). The van der Waals surface area contributed by atoms with Crippen molar-refractivity contribution in [1.82, 2.24) is 20.0 Å². The number of rotatable bonds is 7. The zero-order valence-electron chi connectivity index (χ0n) is 15.8. The highest BCUT2D eigenvalue weighted by Gasteiger charge is 2.25. The summed E-state index contributed by atoms with van der Waals surface area (Å²) in [6.45, 7) is 5.78. The molecule has 8 nitrogen and oxygen atoms in total. The summed E-state index contributed by atoms with van der Waals surface area (Å²) in [5.74, 6) is 0.737. The number of morpholine rings is 1. The van der Waals surface area contributed by atoms with E-state index in [0.29, 0.717) is 19.6 Å². The smallest absolute Gasteiger partial charge is 0.305 e. The first-order chi connectivity index (χ1) is 12.1. The van der Waals surface area contributed by atoms with E-state index in [9.17, 15) is 4.79 Å². The minimum Gasteiger partial charge on any atom is -0.469 e. The van der Waals surface area contributed by atoms with Gasteiger partial charge in [0, 0.05) is 44.9 Å². The zero-order valence-corrected chi connectivity index (χ0v) is 18.1. The molecule has 26 heavy (non-hydrogen) atoms. The molecule has 1 aliphatic rings. The molecule has 1 atom stereocenters. The SMILES string of the molecule is CCNC(=NCCCCC(=O)OC)N1CCOC(c2cnn(C)c2)C1.I. The Bertz CT molecular complexity index is 578. The van der Waals surface area contributed by atoms with Gasteiger partial charge in [-0.1, -0.05) is 0 Å². The molecule has 0 saturated carbocycles. The van der Waals surface area contributed by atoms with Gasteiger partial charge in [-0.05, 0) is 19.8 Å². The summed E-state index contributed by atoms with van der Waals surface area (Å²) in [5.41, 5.74) is 1.08. The van der Waals surface area contributed by atoms with Gasteiger partial charge in [0.2, 0.25) is 0 Å². The van der Waals surface area contributed by atoms with Crippen LogP contribution in [0.5, 0.6) is 0 Å². The van der Waals surface area contributed by atoms with Gasteiger partial charge in [-0.15, -0.1) is 24.0 Å². The molecule has 0 bridgehead atoms. The summed E-state index contributed by atoms with van der Waals surface area (Å²) in [6, 6.07) is 0. The molecular formula is C17H30IN5O3. The molecule has 1 fully saturated rings. The summed E-state index contributed by atoms with van der Waals surface area (Å²) < 4.78 is 12.3. The Morgan fingerprint density at radius 3 is 2.96 bits per heavy atom. The maximum absolute atomic E-state index is 11.1. The number of carbonyl (C=O) groups excluding carboxylic acids is 1. The van der Waals surface area contributed by atoms with E-state index in [1.807, 2.05) is 19.4 Å². The maximum atomic E-state index is 11.1. The standard InChI is InChI=1S/C17H29N5O3.HI/c1-4-18-17(19-8-6-5-7-16(23)24-3)22-9-10-25-15(13-22)14-11-20-21(2)12-14;/h11-12,15H,4-10,13H2,1-3H3,(H,18,19);1H. The van der Waals surface area contributed by atoms with E-state index in [2.05, 4.69) is 27.0 Å². The molecule has 148 valence electrons. The summed E-state index contributed by atoms with van der Waals surface area (Å²) >= 11 is 0. The van der Waals surface area contributed by atoms with Crippen LogP contribution >= 0.6 is 24.0 Å². The van der Waals surface area contributed by atoms with Gasteiger partial charge in [-0.25, -0.2) is 0 Å². The first kappa shape index (κ1) is 22.7. The first-order valence-electron chi connectivity index (χ1n) is 8.84. The lowest BCUT2D eigenvalue weighted by atomic mass is 10.1. The van der Waals surface area contributed by atoms with Crippen molar-refractivity contribution in [3.63, 3.8) is 0 Å². The van der Waals surface area contributed by atoms with E-state index in [1.165, 1.54) is 7.11 Å². The van der Waals surface area contributed by atoms with Crippen LogP contribution in [-0.2, 0) is 21.3 Å². The third-order valence-electron chi connectivity index (χ3n) is 4.08. The Morgan fingerprint density at radius 1 is 1.50 bits per heavy atom. The van der Waals surface area contributed by atoms with Crippen LogP contribution in [-0.4, -0.2) is 66.5 Å². The summed E-state index contributed by atoms with van der Waals surface area (Å²) in [6.07, 6.45) is 5.95. The quantitative estimate of drug-likeness (QED) is 0.211. The molecule has 2 heterocycles. The predicted molar refractivity (Wildman–Crippen MR) is 111 cm³/mol. The molecular weight excluding hydrogens is 449 g/mol. The van der Waals surface area contributed by atoms with Crippen molar-refractivity contribution in [3.05, 3.63) is 18.0 Å². The number of nitrogens with one attached hydrogen (secondary N) is 1. The van der Waals surface area contributed by atoms with Gasteiger partial charge in [0.25, 0.3) is 0 Å². The Balaban J connectivity index is 0.00000338. The molecule has 1 unspecified atom stereocenters. The summed E-state index contributed by atoms with van der Waals surface area (Å²) in [5, 5.41) is 7.57. The third-order valence-corrected chi connectivity index (χ3v) is 4.08. The van der Waals surface area contributed by atoms with Gasteiger partial charge in [0.15, 0.2) is 5.96 Å². The lowest BCUT2D eigenvalue weighted by Gasteiger charge is -2.34. The molecule has 0 aromatic carbocycles. The van der Waals surface area contributed by atoms with Gasteiger partial charge in [0.05, 0.1) is 26.5 Å². The topological polar surface area (TPSA) is 81.0 Å². The highest BCUT2D eigenvalue weighted by atomic mass is 127. The molecule has 0 amide bonds. The van der Waals surface area contributed by atoms with Crippen molar-refractivity contribution in [2.45, 2.75) is 32.3 Å². The first-order valence-corrected chi connectivity index (χ1v) is 8.84. The van der Waals surface area contributed by atoms with Gasteiger partial charge < -0.3 is 19.7 Å². The number of aryl methyl sites for hydroxylation is 1. The van der Waals surface area contributed by atoms with E-state index in [-0.39, 0.29) is 36.0 Å². The van der Waals surface area contributed by atoms with Crippen molar-refractivity contribution in [3.8, 4) is 0 Å². The van der Waals surface area contributed by atoms with Crippen LogP contribution < -0.4 is 5.32 Å². The number of esters is 1. The third kappa shape index (κ3) is 7.10. The normalized spacial score (nSPS) is 17.6. The fraction of sp³-hybridized carbons (Fsp3) is 0.706. The van der Waals surface area contributed by atoms with E-state index in [0.717, 1.165) is 44.0 Å². The number of aliphatic imine (C=N–C) groups is 1. The number of ether oxygens (including phenoxy) is 2. The molecule has 0 radical (unpaired) electrons. The number of hydrogen-bond donors (Lipinski definition) is 1. The largest absolute Gasteiger partial charge is 0.469 e. The molecule has 1 aromatic rings. The van der Waals surface area contributed by atoms with Crippen molar-refractivity contribution in [2.75, 3.05) is 39.9 Å². The van der Waals surface area contributed by atoms with E-state index >= 15 is 0 Å². The minimum absolute atomic E-state index is 0. The van der Waals surface area contributed by atoms with Crippen molar-refractivity contribution < 1.29 is 14.3 Å². The van der Waals surface area contributed by atoms with Crippen LogP contribution in [0.15, 0.2) is 17.4 Å². The Hall–Kier alpha value is -1.36. The van der Waals surface area contributed by atoms with Crippen LogP contribution in [0, 0.1) is 0 Å². The summed E-state index contributed by atoms with van der Waals surface area (Å²) in [4.78, 5) is 18.1. The maximum Gasteiger partial charge on any atom is 0.305 e. The number of hydrogen-bond acceptors (Lipinski definition) is 5. The second-order valence-corrected chi connectivity index (χ2v) is 6.02. The fourth-order valence-corrected chi connectivity index (χ4v) is 2.74. The van der Waals surface area contributed by atoms with E-state index in [4.69, 9.17) is 9.73 Å². The number of carbonyl (C=O) groups is 1.